The molecule has 1 amide bonds. The van der Waals surface area contributed by atoms with Gasteiger partial charge in [0.25, 0.3) is 0 Å². The number of nitrogens with zero attached hydrogens (tertiary/aromatic N) is 1. The Morgan fingerprint density at radius 2 is 2.19 bits per heavy atom. The number of thiazole rings is 1. The molecule has 16 heavy (non-hydrogen) atoms. The van der Waals surface area contributed by atoms with Crippen molar-refractivity contribution in [2.45, 2.75) is 26.8 Å². The first-order valence-electron chi connectivity index (χ1n) is 4.79. The van der Waals surface area contributed by atoms with Gasteiger partial charge in [0, 0.05) is 11.6 Å². The second-order valence-corrected chi connectivity index (χ2v) is 4.92. The molecule has 0 aliphatic rings. The topological polar surface area (TPSA) is 79.3 Å². The van der Waals surface area contributed by atoms with Crippen molar-refractivity contribution in [3.05, 3.63) is 16.6 Å². The minimum absolute atomic E-state index is 0.272. The lowest BCUT2D eigenvalue weighted by Gasteiger charge is -2.20. The number of carboxylic acid groups (broad SMARTS) is 1. The number of aromatic nitrogens is 1. The van der Waals surface area contributed by atoms with Gasteiger partial charge in [0.05, 0.1) is 6.04 Å². The molecule has 1 aromatic rings. The lowest BCUT2D eigenvalue weighted by molar-refractivity contribution is -0.153. The van der Waals surface area contributed by atoms with Gasteiger partial charge in [-0.25, -0.2) is 4.98 Å². The van der Waals surface area contributed by atoms with Crippen molar-refractivity contribution in [1.82, 2.24) is 10.3 Å². The van der Waals surface area contributed by atoms with E-state index < -0.39 is 17.3 Å². The molecule has 1 unspecified atom stereocenters. The Morgan fingerprint density at radius 3 is 2.62 bits per heavy atom. The second-order valence-electron chi connectivity index (χ2n) is 4.00. The highest BCUT2D eigenvalue weighted by Crippen LogP contribution is 2.20. The van der Waals surface area contributed by atoms with Crippen LogP contribution in [0.15, 0.2) is 11.6 Å². The Balaban J connectivity index is 2.69. The molecule has 0 aromatic carbocycles. The fourth-order valence-electron chi connectivity index (χ4n) is 0.984. The number of nitrogens with one attached hydrogen (secondary N) is 1. The Morgan fingerprint density at radius 1 is 1.56 bits per heavy atom. The number of rotatable bonds is 4. The van der Waals surface area contributed by atoms with E-state index in [-0.39, 0.29) is 6.04 Å². The first-order valence-corrected chi connectivity index (χ1v) is 5.67. The van der Waals surface area contributed by atoms with Crippen molar-refractivity contribution < 1.29 is 14.7 Å². The van der Waals surface area contributed by atoms with Crippen LogP contribution in [0, 0.1) is 5.41 Å². The number of carbonyl (C=O) groups excluding carboxylic acids is 1. The molecule has 0 bridgehead atoms. The summed E-state index contributed by atoms with van der Waals surface area (Å²) in [6.45, 7) is 4.52. The molecule has 1 rings (SSSR count). The third kappa shape index (κ3) is 2.57. The Labute approximate surface area is 97.5 Å². The summed E-state index contributed by atoms with van der Waals surface area (Å²) in [6, 6.07) is -0.272. The van der Waals surface area contributed by atoms with E-state index in [1.54, 1.807) is 18.5 Å². The molecule has 6 heteroatoms. The molecular formula is C10H14N2O3S. The Bertz CT molecular complexity index is 387. The maximum absolute atomic E-state index is 11.7. The van der Waals surface area contributed by atoms with Crippen LogP contribution in [0.1, 0.15) is 31.8 Å². The number of hydrogen-bond donors (Lipinski definition) is 2. The third-order valence-corrected chi connectivity index (χ3v) is 3.23. The smallest absolute Gasteiger partial charge is 0.318 e. The summed E-state index contributed by atoms with van der Waals surface area (Å²) in [5.74, 6) is -1.65. The third-order valence-electron chi connectivity index (χ3n) is 2.27. The van der Waals surface area contributed by atoms with Gasteiger partial charge in [0.1, 0.15) is 10.4 Å². The van der Waals surface area contributed by atoms with Crippen molar-refractivity contribution in [2.24, 2.45) is 5.41 Å². The SMILES string of the molecule is CC(NC(=O)C(C)(C)C(=O)O)c1nccs1. The van der Waals surface area contributed by atoms with E-state index in [9.17, 15) is 9.59 Å². The van der Waals surface area contributed by atoms with E-state index >= 15 is 0 Å². The quantitative estimate of drug-likeness (QED) is 0.783. The minimum Gasteiger partial charge on any atom is -0.480 e. The molecule has 1 heterocycles. The highest BCUT2D eigenvalue weighted by Gasteiger charge is 2.36. The first kappa shape index (κ1) is 12.6. The molecule has 0 saturated carbocycles. The fraction of sp³-hybridized carbons (Fsp3) is 0.500. The zero-order valence-electron chi connectivity index (χ0n) is 9.35. The second kappa shape index (κ2) is 4.61. The largest absolute Gasteiger partial charge is 0.480 e. The summed E-state index contributed by atoms with van der Waals surface area (Å²) >= 11 is 1.42. The summed E-state index contributed by atoms with van der Waals surface area (Å²) in [5.41, 5.74) is -1.43. The Hall–Kier alpha value is -1.43. The number of carbonyl (C=O) groups is 2. The molecular weight excluding hydrogens is 228 g/mol. The number of aliphatic carboxylic acids is 1. The highest BCUT2D eigenvalue weighted by atomic mass is 32.1. The molecule has 0 radical (unpaired) electrons. The van der Waals surface area contributed by atoms with Gasteiger partial charge < -0.3 is 10.4 Å². The van der Waals surface area contributed by atoms with Crippen LogP contribution in [0.25, 0.3) is 0 Å². The standard InChI is InChI=1S/C10H14N2O3S/c1-6(7-11-4-5-16-7)12-8(13)10(2,3)9(14)15/h4-6H,1-3H3,(H,12,13)(H,14,15). The lowest BCUT2D eigenvalue weighted by atomic mass is 9.92. The average molecular weight is 242 g/mol. The van der Waals surface area contributed by atoms with Gasteiger partial charge in [-0.15, -0.1) is 11.3 Å². The van der Waals surface area contributed by atoms with Crippen molar-refractivity contribution in [2.75, 3.05) is 0 Å². The van der Waals surface area contributed by atoms with Gasteiger partial charge in [-0.1, -0.05) is 0 Å². The molecule has 5 nitrogen and oxygen atoms in total. The van der Waals surface area contributed by atoms with Crippen molar-refractivity contribution >= 4 is 23.2 Å². The van der Waals surface area contributed by atoms with Crippen LogP contribution in [0.3, 0.4) is 0 Å². The van der Waals surface area contributed by atoms with Crippen LogP contribution in [-0.2, 0) is 9.59 Å². The van der Waals surface area contributed by atoms with Crippen LogP contribution < -0.4 is 5.32 Å². The minimum atomic E-state index is -1.43. The van der Waals surface area contributed by atoms with Gasteiger partial charge in [0.15, 0.2) is 0 Å². The van der Waals surface area contributed by atoms with E-state index in [1.165, 1.54) is 25.2 Å². The van der Waals surface area contributed by atoms with E-state index in [2.05, 4.69) is 10.3 Å². The maximum Gasteiger partial charge on any atom is 0.318 e. The highest BCUT2D eigenvalue weighted by molar-refractivity contribution is 7.09. The van der Waals surface area contributed by atoms with E-state index in [0.717, 1.165) is 5.01 Å². The summed E-state index contributed by atoms with van der Waals surface area (Å²) in [7, 11) is 0. The van der Waals surface area contributed by atoms with Gasteiger partial charge in [-0.05, 0) is 20.8 Å². The van der Waals surface area contributed by atoms with Crippen LogP contribution in [0.4, 0.5) is 0 Å². The zero-order chi connectivity index (χ0) is 12.3. The van der Waals surface area contributed by atoms with Crippen LogP contribution in [0.5, 0.6) is 0 Å². The van der Waals surface area contributed by atoms with Gasteiger partial charge in [-0.3, -0.25) is 9.59 Å². The van der Waals surface area contributed by atoms with Crippen LogP contribution >= 0.6 is 11.3 Å². The van der Waals surface area contributed by atoms with E-state index in [0.29, 0.717) is 0 Å². The van der Waals surface area contributed by atoms with Crippen LogP contribution in [-0.4, -0.2) is 22.0 Å². The van der Waals surface area contributed by atoms with Crippen LogP contribution in [0.2, 0.25) is 0 Å². The van der Waals surface area contributed by atoms with E-state index in [1.807, 2.05) is 0 Å². The summed E-state index contributed by atoms with van der Waals surface area (Å²) < 4.78 is 0. The van der Waals surface area contributed by atoms with Crippen molar-refractivity contribution in [3.8, 4) is 0 Å². The molecule has 2 N–H and O–H groups in total. The summed E-state index contributed by atoms with van der Waals surface area (Å²) in [5, 5.41) is 14.1. The monoisotopic (exact) mass is 242 g/mol. The fourth-order valence-corrected chi connectivity index (χ4v) is 1.63. The van der Waals surface area contributed by atoms with Gasteiger partial charge in [0.2, 0.25) is 5.91 Å². The summed E-state index contributed by atoms with van der Waals surface area (Å²) in [4.78, 5) is 26.6. The van der Waals surface area contributed by atoms with Crippen molar-refractivity contribution in [3.63, 3.8) is 0 Å². The van der Waals surface area contributed by atoms with Gasteiger partial charge in [-0.2, -0.15) is 0 Å². The molecule has 0 aliphatic carbocycles. The predicted molar refractivity (Wildman–Crippen MR) is 60.1 cm³/mol. The number of amides is 1. The van der Waals surface area contributed by atoms with Gasteiger partial charge >= 0.3 is 5.97 Å². The van der Waals surface area contributed by atoms with Crippen molar-refractivity contribution in [1.29, 1.82) is 0 Å². The van der Waals surface area contributed by atoms with E-state index in [4.69, 9.17) is 5.11 Å². The lowest BCUT2D eigenvalue weighted by Crippen LogP contribution is -2.43. The molecule has 0 saturated heterocycles. The molecule has 0 aliphatic heterocycles. The zero-order valence-corrected chi connectivity index (χ0v) is 10.2. The average Bonchev–Trinajstić information content (AvgIpc) is 2.69. The molecule has 1 atom stereocenters. The number of hydrogen-bond acceptors (Lipinski definition) is 4. The molecule has 1 aromatic heterocycles. The normalized spacial score (nSPS) is 13.2. The maximum atomic E-state index is 11.7. The Kier molecular flexibility index (Phi) is 3.64. The predicted octanol–water partition coefficient (Wildman–Crippen LogP) is 1.43. The first-order chi connectivity index (χ1) is 7.35. The molecule has 0 spiro atoms. The molecule has 88 valence electrons. The molecule has 0 fully saturated rings. The number of carboxylic acids is 1. The summed E-state index contributed by atoms with van der Waals surface area (Å²) in [6.07, 6.45) is 1.64.